The van der Waals surface area contributed by atoms with Crippen molar-refractivity contribution in [3.63, 3.8) is 0 Å². The van der Waals surface area contributed by atoms with E-state index in [1.54, 1.807) is 4.68 Å². The molecule has 2 N–H and O–H groups in total. The molecule has 0 aliphatic rings. The Hall–Kier alpha value is -0.0600. The summed E-state index contributed by atoms with van der Waals surface area (Å²) in [5, 5.41) is 4.05. The third kappa shape index (κ3) is 2.68. The van der Waals surface area contributed by atoms with Crippen molar-refractivity contribution in [2.24, 2.45) is 5.73 Å². The SMILES string of the molecule is Cl.NCCn1ccc(Br)n1. The number of halogens is 2. The van der Waals surface area contributed by atoms with Crippen LogP contribution in [0.2, 0.25) is 0 Å². The molecule has 0 radical (unpaired) electrons. The Kier molecular flexibility index (Phi) is 4.68. The van der Waals surface area contributed by atoms with Crippen molar-refractivity contribution in [1.82, 2.24) is 9.78 Å². The topological polar surface area (TPSA) is 43.8 Å². The van der Waals surface area contributed by atoms with Crippen LogP contribution in [-0.2, 0) is 6.54 Å². The minimum absolute atomic E-state index is 0. The van der Waals surface area contributed by atoms with Crippen molar-refractivity contribution in [2.45, 2.75) is 6.54 Å². The van der Waals surface area contributed by atoms with Crippen LogP contribution in [0.15, 0.2) is 16.9 Å². The third-order valence-corrected chi connectivity index (χ3v) is 1.39. The number of nitrogens with two attached hydrogens (primary N) is 1. The Labute approximate surface area is 74.1 Å². The van der Waals surface area contributed by atoms with E-state index in [9.17, 15) is 0 Å². The highest BCUT2D eigenvalue weighted by atomic mass is 79.9. The summed E-state index contributed by atoms with van der Waals surface area (Å²) in [4.78, 5) is 0. The largest absolute Gasteiger partial charge is 0.329 e. The maximum Gasteiger partial charge on any atom is 0.128 e. The van der Waals surface area contributed by atoms with E-state index in [1.807, 2.05) is 12.3 Å². The molecule has 0 aromatic carbocycles. The summed E-state index contributed by atoms with van der Waals surface area (Å²) in [5.74, 6) is 0. The lowest BCUT2D eigenvalue weighted by Crippen LogP contribution is -2.09. The summed E-state index contributed by atoms with van der Waals surface area (Å²) < 4.78 is 2.65. The summed E-state index contributed by atoms with van der Waals surface area (Å²) in [7, 11) is 0. The van der Waals surface area contributed by atoms with E-state index in [2.05, 4.69) is 21.0 Å². The molecule has 0 spiro atoms. The van der Waals surface area contributed by atoms with Gasteiger partial charge in [0, 0.05) is 12.7 Å². The van der Waals surface area contributed by atoms with Crippen LogP contribution < -0.4 is 5.73 Å². The van der Waals surface area contributed by atoms with Crippen molar-refractivity contribution < 1.29 is 0 Å². The molecular weight excluding hydrogens is 217 g/mol. The Morgan fingerprint density at radius 2 is 2.40 bits per heavy atom. The highest BCUT2D eigenvalue weighted by Crippen LogP contribution is 2.02. The van der Waals surface area contributed by atoms with Gasteiger partial charge in [-0.3, -0.25) is 4.68 Å². The number of rotatable bonds is 2. The van der Waals surface area contributed by atoms with Crippen molar-refractivity contribution in [2.75, 3.05) is 6.54 Å². The molecule has 1 heterocycles. The van der Waals surface area contributed by atoms with Crippen molar-refractivity contribution >= 4 is 28.3 Å². The monoisotopic (exact) mass is 225 g/mol. The van der Waals surface area contributed by atoms with Gasteiger partial charge in [-0.25, -0.2) is 0 Å². The van der Waals surface area contributed by atoms with Crippen molar-refractivity contribution in [3.8, 4) is 0 Å². The molecule has 0 fully saturated rings. The van der Waals surface area contributed by atoms with Gasteiger partial charge in [-0.2, -0.15) is 5.10 Å². The number of aromatic nitrogens is 2. The molecule has 1 aromatic rings. The smallest absolute Gasteiger partial charge is 0.128 e. The Morgan fingerprint density at radius 1 is 1.70 bits per heavy atom. The summed E-state index contributed by atoms with van der Waals surface area (Å²) in [6.07, 6.45) is 1.89. The van der Waals surface area contributed by atoms with Gasteiger partial charge in [0.1, 0.15) is 4.60 Å². The van der Waals surface area contributed by atoms with Crippen LogP contribution >= 0.6 is 28.3 Å². The predicted molar refractivity (Wildman–Crippen MR) is 46.2 cm³/mol. The van der Waals surface area contributed by atoms with Crippen molar-refractivity contribution in [1.29, 1.82) is 0 Å². The third-order valence-electron chi connectivity index (χ3n) is 0.966. The van der Waals surface area contributed by atoms with Gasteiger partial charge in [-0.05, 0) is 22.0 Å². The Morgan fingerprint density at radius 3 is 2.80 bits per heavy atom. The van der Waals surface area contributed by atoms with E-state index in [0.29, 0.717) is 6.54 Å². The zero-order valence-electron chi connectivity index (χ0n) is 5.33. The van der Waals surface area contributed by atoms with E-state index in [0.717, 1.165) is 11.1 Å². The quantitative estimate of drug-likeness (QED) is 0.818. The van der Waals surface area contributed by atoms with Gasteiger partial charge in [-0.15, -0.1) is 12.4 Å². The molecule has 58 valence electrons. The minimum Gasteiger partial charge on any atom is -0.329 e. The maximum absolute atomic E-state index is 5.29. The standard InChI is InChI=1S/C5H8BrN3.ClH/c6-5-1-3-9(8-5)4-2-7;/h1,3H,2,4,7H2;1H. The number of hydrogen-bond acceptors (Lipinski definition) is 2. The molecule has 0 aliphatic heterocycles. The first kappa shape index (κ1) is 9.94. The highest BCUT2D eigenvalue weighted by molar-refractivity contribution is 9.10. The molecule has 10 heavy (non-hydrogen) atoms. The van der Waals surface area contributed by atoms with E-state index >= 15 is 0 Å². The fraction of sp³-hybridized carbons (Fsp3) is 0.400. The molecule has 3 nitrogen and oxygen atoms in total. The molecule has 0 saturated heterocycles. The lowest BCUT2D eigenvalue weighted by atomic mass is 10.6. The lowest BCUT2D eigenvalue weighted by molar-refractivity contribution is 0.621. The van der Waals surface area contributed by atoms with Crippen LogP contribution in [0.3, 0.4) is 0 Å². The summed E-state index contributed by atoms with van der Waals surface area (Å²) in [6.45, 7) is 1.42. The Balaban J connectivity index is 0.000000810. The molecular formula is C5H9BrClN3. The first-order valence-electron chi connectivity index (χ1n) is 2.72. The van der Waals surface area contributed by atoms with Crippen LogP contribution in [-0.4, -0.2) is 16.3 Å². The molecule has 5 heteroatoms. The molecule has 0 atom stereocenters. The molecule has 1 aromatic heterocycles. The lowest BCUT2D eigenvalue weighted by Gasteiger charge is -1.93. The summed E-state index contributed by atoms with van der Waals surface area (Å²) in [5.41, 5.74) is 5.29. The number of nitrogens with zero attached hydrogens (tertiary/aromatic N) is 2. The predicted octanol–water partition coefficient (Wildman–Crippen LogP) is 1.03. The molecule has 0 bridgehead atoms. The normalized spacial score (nSPS) is 9.00. The molecule has 0 unspecified atom stereocenters. The average molecular weight is 227 g/mol. The first-order valence-corrected chi connectivity index (χ1v) is 3.51. The average Bonchev–Trinajstić information content (AvgIpc) is 2.17. The van der Waals surface area contributed by atoms with E-state index < -0.39 is 0 Å². The van der Waals surface area contributed by atoms with Gasteiger partial charge in [0.25, 0.3) is 0 Å². The Bertz CT molecular complexity index is 189. The van der Waals surface area contributed by atoms with Crippen LogP contribution in [0.25, 0.3) is 0 Å². The second-order valence-corrected chi connectivity index (χ2v) is 2.50. The van der Waals surface area contributed by atoms with Gasteiger partial charge < -0.3 is 5.73 Å². The minimum atomic E-state index is 0. The zero-order valence-corrected chi connectivity index (χ0v) is 7.73. The highest BCUT2D eigenvalue weighted by Gasteiger charge is 1.90. The first-order chi connectivity index (χ1) is 4.33. The molecule has 0 aliphatic carbocycles. The van der Waals surface area contributed by atoms with Gasteiger partial charge in [0.15, 0.2) is 0 Å². The fourth-order valence-corrected chi connectivity index (χ4v) is 0.916. The van der Waals surface area contributed by atoms with E-state index in [4.69, 9.17) is 5.73 Å². The van der Waals surface area contributed by atoms with Gasteiger partial charge >= 0.3 is 0 Å². The van der Waals surface area contributed by atoms with E-state index in [1.165, 1.54) is 0 Å². The second kappa shape index (κ2) is 4.71. The van der Waals surface area contributed by atoms with Crippen LogP contribution in [0.1, 0.15) is 0 Å². The maximum atomic E-state index is 5.29. The van der Waals surface area contributed by atoms with E-state index in [-0.39, 0.29) is 12.4 Å². The summed E-state index contributed by atoms with van der Waals surface area (Å²) >= 11 is 3.23. The zero-order chi connectivity index (χ0) is 6.69. The van der Waals surface area contributed by atoms with Crippen LogP contribution in [0.5, 0.6) is 0 Å². The molecule has 0 amide bonds. The van der Waals surface area contributed by atoms with Crippen LogP contribution in [0.4, 0.5) is 0 Å². The van der Waals surface area contributed by atoms with Crippen LogP contribution in [0, 0.1) is 0 Å². The fourth-order valence-electron chi connectivity index (χ4n) is 0.594. The molecule has 1 rings (SSSR count). The second-order valence-electron chi connectivity index (χ2n) is 1.69. The summed E-state index contributed by atoms with van der Waals surface area (Å²) in [6, 6.07) is 1.88. The van der Waals surface area contributed by atoms with Crippen molar-refractivity contribution in [3.05, 3.63) is 16.9 Å². The van der Waals surface area contributed by atoms with Gasteiger partial charge in [-0.1, -0.05) is 0 Å². The number of hydrogen-bond donors (Lipinski definition) is 1. The van der Waals surface area contributed by atoms with Gasteiger partial charge in [0.05, 0.1) is 6.54 Å². The van der Waals surface area contributed by atoms with Gasteiger partial charge in [0.2, 0.25) is 0 Å². The molecule has 0 saturated carbocycles.